The van der Waals surface area contributed by atoms with E-state index in [-0.39, 0.29) is 17.9 Å². The molecule has 80 valence electrons. The fraction of sp³-hybridized carbons (Fsp3) is 0.778. The first-order valence-electron chi connectivity index (χ1n) is 4.78. The molecule has 14 heavy (non-hydrogen) atoms. The summed E-state index contributed by atoms with van der Waals surface area (Å²) in [6.45, 7) is 0.960. The Bertz CT molecular complexity index is 230. The van der Waals surface area contributed by atoms with Gasteiger partial charge < -0.3 is 15.4 Å². The van der Waals surface area contributed by atoms with Gasteiger partial charge in [0.2, 0.25) is 5.91 Å². The summed E-state index contributed by atoms with van der Waals surface area (Å²) in [5, 5.41) is 0. The molecule has 1 amide bonds. The zero-order valence-electron chi connectivity index (χ0n) is 8.36. The van der Waals surface area contributed by atoms with Crippen molar-refractivity contribution in [2.75, 3.05) is 20.2 Å². The van der Waals surface area contributed by atoms with Gasteiger partial charge in [0.25, 0.3) is 0 Å². The number of likely N-dealkylation sites (tertiary alicyclic amines) is 1. The minimum absolute atomic E-state index is 0.0552. The maximum Gasteiger partial charge on any atom is 0.328 e. The summed E-state index contributed by atoms with van der Waals surface area (Å²) in [6.07, 6.45) is 1.85. The Morgan fingerprint density at radius 2 is 2.29 bits per heavy atom. The van der Waals surface area contributed by atoms with E-state index < -0.39 is 0 Å². The molecule has 0 radical (unpaired) electrons. The molecule has 0 saturated carbocycles. The molecule has 0 unspecified atom stereocenters. The van der Waals surface area contributed by atoms with Gasteiger partial charge in [0, 0.05) is 19.5 Å². The Kier molecular flexibility index (Phi) is 3.88. The minimum Gasteiger partial charge on any atom is -0.467 e. The number of rotatable bonds is 3. The Hall–Kier alpha value is -1.10. The average molecular weight is 200 g/mol. The van der Waals surface area contributed by atoms with Crippen LogP contribution in [0.25, 0.3) is 0 Å². The van der Waals surface area contributed by atoms with Crippen molar-refractivity contribution in [2.24, 2.45) is 5.73 Å². The van der Waals surface area contributed by atoms with Crippen LogP contribution in [0.1, 0.15) is 19.3 Å². The van der Waals surface area contributed by atoms with Gasteiger partial charge in [-0.05, 0) is 12.8 Å². The van der Waals surface area contributed by atoms with Crippen LogP contribution >= 0.6 is 0 Å². The van der Waals surface area contributed by atoms with Crippen molar-refractivity contribution in [1.82, 2.24) is 4.90 Å². The quantitative estimate of drug-likeness (QED) is 0.623. The van der Waals surface area contributed by atoms with Gasteiger partial charge in [-0.3, -0.25) is 4.79 Å². The SMILES string of the molecule is COC(=O)[C@H]1CCCN1C(=O)CCN. The number of hydrogen-bond donors (Lipinski definition) is 1. The predicted octanol–water partition coefficient (Wildman–Crippen LogP) is -0.501. The van der Waals surface area contributed by atoms with E-state index in [9.17, 15) is 9.59 Å². The largest absolute Gasteiger partial charge is 0.467 e. The second kappa shape index (κ2) is 4.95. The maximum atomic E-state index is 11.5. The van der Waals surface area contributed by atoms with Gasteiger partial charge in [0.1, 0.15) is 6.04 Å². The highest BCUT2D eigenvalue weighted by Crippen LogP contribution is 2.18. The van der Waals surface area contributed by atoms with Gasteiger partial charge in [-0.25, -0.2) is 4.79 Å². The lowest BCUT2D eigenvalue weighted by atomic mass is 10.2. The zero-order chi connectivity index (χ0) is 10.6. The van der Waals surface area contributed by atoms with Crippen molar-refractivity contribution in [3.05, 3.63) is 0 Å². The molecular formula is C9H16N2O3. The molecule has 1 saturated heterocycles. The smallest absolute Gasteiger partial charge is 0.328 e. The number of esters is 1. The van der Waals surface area contributed by atoms with E-state index in [1.165, 1.54) is 7.11 Å². The first-order chi connectivity index (χ1) is 6.70. The lowest BCUT2D eigenvalue weighted by molar-refractivity contribution is -0.150. The number of nitrogens with zero attached hydrogens (tertiary/aromatic N) is 1. The summed E-state index contributed by atoms with van der Waals surface area (Å²) in [6, 6.07) is -0.390. The van der Waals surface area contributed by atoms with Crippen LogP contribution in [0.2, 0.25) is 0 Å². The molecule has 5 heteroatoms. The number of ether oxygens (including phenoxy) is 1. The number of amides is 1. The normalized spacial score (nSPS) is 21.0. The van der Waals surface area contributed by atoms with Crippen LogP contribution in [0, 0.1) is 0 Å². The van der Waals surface area contributed by atoms with E-state index >= 15 is 0 Å². The Balaban J connectivity index is 2.59. The standard InChI is InChI=1S/C9H16N2O3/c1-14-9(13)7-3-2-6-11(7)8(12)4-5-10/h7H,2-6,10H2,1H3/t7-/m1/s1. The molecule has 5 nitrogen and oxygen atoms in total. The molecular weight excluding hydrogens is 184 g/mol. The molecule has 0 bridgehead atoms. The van der Waals surface area contributed by atoms with Crippen molar-refractivity contribution in [3.8, 4) is 0 Å². The van der Waals surface area contributed by atoms with Crippen LogP contribution in [-0.4, -0.2) is 43.0 Å². The number of carbonyl (C=O) groups excluding carboxylic acids is 2. The molecule has 1 rings (SSSR count). The lowest BCUT2D eigenvalue weighted by Gasteiger charge is -2.22. The average Bonchev–Trinajstić information content (AvgIpc) is 2.65. The molecule has 2 N–H and O–H groups in total. The molecule has 0 aromatic heterocycles. The van der Waals surface area contributed by atoms with E-state index in [0.29, 0.717) is 25.9 Å². The van der Waals surface area contributed by atoms with Gasteiger partial charge >= 0.3 is 5.97 Å². The van der Waals surface area contributed by atoms with Crippen LogP contribution in [-0.2, 0) is 14.3 Å². The van der Waals surface area contributed by atoms with Crippen LogP contribution in [0.4, 0.5) is 0 Å². The number of nitrogens with two attached hydrogens (primary N) is 1. The van der Waals surface area contributed by atoms with Crippen LogP contribution < -0.4 is 5.73 Å². The third kappa shape index (κ3) is 2.23. The van der Waals surface area contributed by atoms with Crippen LogP contribution in [0.15, 0.2) is 0 Å². The third-order valence-electron chi connectivity index (χ3n) is 2.40. The highest BCUT2D eigenvalue weighted by molar-refractivity contribution is 5.85. The fourth-order valence-electron chi connectivity index (χ4n) is 1.71. The van der Waals surface area contributed by atoms with Crippen molar-refractivity contribution in [1.29, 1.82) is 0 Å². The highest BCUT2D eigenvalue weighted by Gasteiger charge is 2.34. The Labute approximate surface area is 83.2 Å². The topological polar surface area (TPSA) is 72.6 Å². The first-order valence-corrected chi connectivity index (χ1v) is 4.78. The summed E-state index contributed by atoms with van der Waals surface area (Å²) in [5.74, 6) is -0.381. The monoisotopic (exact) mass is 200 g/mol. The highest BCUT2D eigenvalue weighted by atomic mass is 16.5. The van der Waals surface area contributed by atoms with Gasteiger partial charge in [-0.15, -0.1) is 0 Å². The number of methoxy groups -OCH3 is 1. The second-order valence-corrected chi connectivity index (χ2v) is 3.31. The summed E-state index contributed by atoms with van der Waals surface area (Å²) in [5.41, 5.74) is 5.29. The fourth-order valence-corrected chi connectivity index (χ4v) is 1.71. The minimum atomic E-state index is -0.390. The molecule has 0 aliphatic carbocycles. The van der Waals surface area contributed by atoms with Crippen molar-refractivity contribution in [2.45, 2.75) is 25.3 Å². The zero-order valence-corrected chi connectivity index (χ0v) is 8.36. The summed E-state index contributed by atoms with van der Waals surface area (Å²) in [7, 11) is 1.34. The maximum absolute atomic E-state index is 11.5. The molecule has 0 aromatic rings. The number of carbonyl (C=O) groups is 2. The van der Waals surface area contributed by atoms with E-state index in [1.54, 1.807) is 4.90 Å². The molecule has 0 aromatic carbocycles. The Morgan fingerprint density at radius 3 is 2.86 bits per heavy atom. The molecule has 1 fully saturated rings. The van der Waals surface area contributed by atoms with Crippen molar-refractivity contribution in [3.63, 3.8) is 0 Å². The lowest BCUT2D eigenvalue weighted by Crippen LogP contribution is -2.41. The first kappa shape index (κ1) is 11.0. The van der Waals surface area contributed by atoms with Crippen molar-refractivity contribution < 1.29 is 14.3 Å². The predicted molar refractivity (Wildman–Crippen MR) is 50.4 cm³/mol. The molecule has 0 spiro atoms. The molecule has 1 aliphatic rings. The molecule has 1 heterocycles. The van der Waals surface area contributed by atoms with Gasteiger partial charge in [-0.1, -0.05) is 0 Å². The van der Waals surface area contributed by atoms with E-state index in [1.807, 2.05) is 0 Å². The second-order valence-electron chi connectivity index (χ2n) is 3.31. The van der Waals surface area contributed by atoms with Crippen LogP contribution in [0.3, 0.4) is 0 Å². The van der Waals surface area contributed by atoms with Gasteiger partial charge in [0.15, 0.2) is 0 Å². The third-order valence-corrected chi connectivity index (χ3v) is 2.40. The van der Waals surface area contributed by atoms with Crippen LogP contribution in [0.5, 0.6) is 0 Å². The molecule has 1 aliphatic heterocycles. The summed E-state index contributed by atoms with van der Waals surface area (Å²) in [4.78, 5) is 24.4. The van der Waals surface area contributed by atoms with E-state index in [2.05, 4.69) is 4.74 Å². The van der Waals surface area contributed by atoms with Crippen molar-refractivity contribution >= 4 is 11.9 Å². The van der Waals surface area contributed by atoms with Gasteiger partial charge in [0.05, 0.1) is 7.11 Å². The van der Waals surface area contributed by atoms with E-state index in [0.717, 1.165) is 6.42 Å². The van der Waals surface area contributed by atoms with Gasteiger partial charge in [-0.2, -0.15) is 0 Å². The Morgan fingerprint density at radius 1 is 1.57 bits per heavy atom. The number of hydrogen-bond acceptors (Lipinski definition) is 4. The summed E-state index contributed by atoms with van der Waals surface area (Å²) >= 11 is 0. The summed E-state index contributed by atoms with van der Waals surface area (Å²) < 4.78 is 4.63. The molecule has 1 atom stereocenters. The van der Waals surface area contributed by atoms with E-state index in [4.69, 9.17) is 5.73 Å².